The number of rotatable bonds is 35. The first-order valence-corrected chi connectivity index (χ1v) is 21.7. The first-order valence-electron chi connectivity index (χ1n) is 21.7. The van der Waals surface area contributed by atoms with Crippen molar-refractivity contribution in [3.05, 3.63) is 36.5 Å². The van der Waals surface area contributed by atoms with Gasteiger partial charge in [-0.05, 0) is 84.6 Å². The van der Waals surface area contributed by atoms with E-state index in [-0.39, 0.29) is 30.7 Å². The molecule has 1 heterocycles. The molecule has 1 fully saturated rings. The van der Waals surface area contributed by atoms with Crippen molar-refractivity contribution in [2.45, 2.75) is 199 Å². The lowest BCUT2D eigenvalue weighted by molar-refractivity contribution is -0.161. The van der Waals surface area contributed by atoms with Crippen LogP contribution in [-0.2, 0) is 23.8 Å². The summed E-state index contributed by atoms with van der Waals surface area (Å²) in [5.74, 6) is -0.669. The molecule has 1 aliphatic rings. The van der Waals surface area contributed by atoms with Crippen LogP contribution in [0.15, 0.2) is 36.5 Å². The number of ether oxygens (including phenoxy) is 3. The summed E-state index contributed by atoms with van der Waals surface area (Å²) in [5.41, 5.74) is -0.337. The van der Waals surface area contributed by atoms with Crippen molar-refractivity contribution in [2.24, 2.45) is 0 Å². The van der Waals surface area contributed by atoms with Gasteiger partial charge in [0.2, 0.25) is 0 Å². The average molecular weight is 745 g/mol. The standard InChI is InChI=1S/C45H80N2O6/c1-5-7-9-11-13-15-17-19-21-23-25-27-29-31-33-35-42(48)51-37-41(38-52-44(50)46-45(3)39-47(4)40-45)53-43(49)36-34-32-30-28-26-24-22-20-18-16-14-12-10-8-6-2/h13,15,19-22,41H,5-12,14,16-18,23-40H2,1-4H3,(H,46,50)/b15-13-,21-19-,22-20-. The maximum atomic E-state index is 12.7. The Hall–Kier alpha value is -2.61. The number of nitrogens with zero attached hydrogens (tertiary/aromatic N) is 1. The minimum absolute atomic E-state index is 0.121. The molecule has 53 heavy (non-hydrogen) atoms. The monoisotopic (exact) mass is 745 g/mol. The van der Waals surface area contributed by atoms with Crippen molar-refractivity contribution in [3.8, 4) is 0 Å². The molecule has 306 valence electrons. The number of unbranched alkanes of at least 4 members (excludes halogenated alkanes) is 19. The van der Waals surface area contributed by atoms with Crippen LogP contribution in [0, 0.1) is 0 Å². The molecule has 0 aromatic heterocycles. The van der Waals surface area contributed by atoms with E-state index in [2.05, 4.69) is 60.5 Å². The smallest absolute Gasteiger partial charge is 0.407 e. The van der Waals surface area contributed by atoms with E-state index in [0.29, 0.717) is 12.8 Å². The van der Waals surface area contributed by atoms with Crippen molar-refractivity contribution in [3.63, 3.8) is 0 Å². The van der Waals surface area contributed by atoms with Crippen LogP contribution in [0.1, 0.15) is 188 Å². The molecule has 0 spiro atoms. The Kier molecular flexibility index (Phi) is 31.0. The predicted octanol–water partition coefficient (Wildman–Crippen LogP) is 11.7. The predicted molar refractivity (Wildman–Crippen MR) is 220 cm³/mol. The summed E-state index contributed by atoms with van der Waals surface area (Å²) in [6.45, 7) is 7.65. The van der Waals surface area contributed by atoms with Crippen LogP contribution in [0.2, 0.25) is 0 Å². The number of amides is 1. The summed E-state index contributed by atoms with van der Waals surface area (Å²) in [5, 5.41) is 2.89. The Morgan fingerprint density at radius 2 is 1.00 bits per heavy atom. The number of alkyl carbamates (subject to hydrolysis) is 1. The number of carbonyl (C=O) groups excluding carboxylic acids is 3. The highest BCUT2D eigenvalue weighted by Gasteiger charge is 2.38. The summed E-state index contributed by atoms with van der Waals surface area (Å²) in [4.78, 5) is 39.8. The molecule has 1 amide bonds. The molecule has 0 aliphatic carbocycles. The van der Waals surface area contributed by atoms with E-state index in [1.54, 1.807) is 0 Å². The largest absolute Gasteiger partial charge is 0.462 e. The maximum Gasteiger partial charge on any atom is 0.407 e. The van der Waals surface area contributed by atoms with Crippen molar-refractivity contribution < 1.29 is 28.6 Å². The van der Waals surface area contributed by atoms with Gasteiger partial charge in [0.15, 0.2) is 6.10 Å². The van der Waals surface area contributed by atoms with Gasteiger partial charge in [0.1, 0.15) is 13.2 Å². The zero-order valence-corrected chi connectivity index (χ0v) is 34.7. The van der Waals surface area contributed by atoms with Crippen molar-refractivity contribution >= 4 is 18.0 Å². The van der Waals surface area contributed by atoms with E-state index in [4.69, 9.17) is 14.2 Å². The molecule has 1 rings (SSSR count). The number of esters is 2. The third-order valence-electron chi connectivity index (χ3n) is 9.74. The number of carbonyl (C=O) groups is 3. The molecule has 1 aliphatic heterocycles. The van der Waals surface area contributed by atoms with E-state index < -0.39 is 12.2 Å². The van der Waals surface area contributed by atoms with Gasteiger partial charge in [-0.1, -0.05) is 134 Å². The number of nitrogens with one attached hydrogen (secondary N) is 1. The molecule has 1 N–H and O–H groups in total. The molecule has 1 saturated heterocycles. The van der Waals surface area contributed by atoms with Gasteiger partial charge in [0, 0.05) is 25.9 Å². The van der Waals surface area contributed by atoms with Crippen LogP contribution in [0.3, 0.4) is 0 Å². The van der Waals surface area contributed by atoms with Crippen LogP contribution in [0.5, 0.6) is 0 Å². The third kappa shape index (κ3) is 30.4. The summed E-state index contributed by atoms with van der Waals surface area (Å²) in [7, 11) is 1.99. The number of hydrogen-bond donors (Lipinski definition) is 1. The second-order valence-electron chi connectivity index (χ2n) is 15.6. The third-order valence-corrected chi connectivity index (χ3v) is 9.74. The lowest BCUT2D eigenvalue weighted by atomic mass is 9.93. The van der Waals surface area contributed by atoms with E-state index in [9.17, 15) is 14.4 Å². The quantitative estimate of drug-likeness (QED) is 0.0299. The Bertz CT molecular complexity index is 1000. The molecular formula is C45H80N2O6. The molecule has 8 heteroatoms. The van der Waals surface area contributed by atoms with Crippen LogP contribution in [-0.4, -0.2) is 67.9 Å². The lowest BCUT2D eigenvalue weighted by Crippen LogP contribution is -2.67. The van der Waals surface area contributed by atoms with Gasteiger partial charge in [0.25, 0.3) is 0 Å². The number of likely N-dealkylation sites (tertiary alicyclic amines) is 1. The van der Waals surface area contributed by atoms with Gasteiger partial charge >= 0.3 is 18.0 Å². The van der Waals surface area contributed by atoms with Crippen LogP contribution >= 0.6 is 0 Å². The average Bonchev–Trinajstić information content (AvgIpc) is 3.12. The normalized spacial score (nSPS) is 14.9. The minimum Gasteiger partial charge on any atom is -0.462 e. The van der Waals surface area contributed by atoms with Crippen molar-refractivity contribution in [2.75, 3.05) is 33.4 Å². The molecule has 0 aromatic carbocycles. The second-order valence-corrected chi connectivity index (χ2v) is 15.6. The van der Waals surface area contributed by atoms with Gasteiger partial charge in [-0.2, -0.15) is 0 Å². The molecule has 0 saturated carbocycles. The van der Waals surface area contributed by atoms with Gasteiger partial charge < -0.3 is 24.4 Å². The maximum absolute atomic E-state index is 12.7. The van der Waals surface area contributed by atoms with Gasteiger partial charge in [0.05, 0.1) is 5.54 Å². The van der Waals surface area contributed by atoms with E-state index in [0.717, 1.165) is 90.1 Å². The Balaban J connectivity index is 2.25. The van der Waals surface area contributed by atoms with Crippen molar-refractivity contribution in [1.82, 2.24) is 10.2 Å². The van der Waals surface area contributed by atoms with E-state index in [1.165, 1.54) is 77.0 Å². The fraction of sp³-hybridized carbons (Fsp3) is 0.800. The zero-order chi connectivity index (χ0) is 38.7. The number of hydrogen-bond acceptors (Lipinski definition) is 7. The number of allylic oxidation sites excluding steroid dienone is 6. The topological polar surface area (TPSA) is 94.2 Å². The first kappa shape index (κ1) is 48.4. The molecule has 0 radical (unpaired) electrons. The van der Waals surface area contributed by atoms with E-state index >= 15 is 0 Å². The van der Waals surface area contributed by atoms with Crippen molar-refractivity contribution in [1.29, 1.82) is 0 Å². The van der Waals surface area contributed by atoms with Gasteiger partial charge in [-0.25, -0.2) is 4.79 Å². The molecule has 8 nitrogen and oxygen atoms in total. The molecule has 1 unspecified atom stereocenters. The highest BCUT2D eigenvalue weighted by Crippen LogP contribution is 2.18. The summed E-state index contributed by atoms with van der Waals surface area (Å²) < 4.78 is 16.5. The van der Waals surface area contributed by atoms with Crippen LogP contribution < -0.4 is 5.32 Å². The Morgan fingerprint density at radius 3 is 1.53 bits per heavy atom. The Morgan fingerprint density at radius 1 is 0.585 bits per heavy atom. The van der Waals surface area contributed by atoms with Crippen LogP contribution in [0.4, 0.5) is 4.79 Å². The summed E-state index contributed by atoms with van der Waals surface area (Å²) in [6.07, 6.45) is 40.8. The molecular weight excluding hydrogens is 665 g/mol. The summed E-state index contributed by atoms with van der Waals surface area (Å²) >= 11 is 0. The highest BCUT2D eigenvalue weighted by molar-refractivity contribution is 5.71. The SMILES string of the molecule is CCCCC/C=C\C/C=C\CCCCCCCC(=O)OCC(COC(=O)NC1(C)CN(C)C1)OC(=O)CCCCCCC/C=C\CCCCCCCC. The molecule has 0 aromatic rings. The lowest BCUT2D eigenvalue weighted by Gasteiger charge is -2.46. The molecule has 1 atom stereocenters. The van der Waals surface area contributed by atoms with E-state index in [1.807, 2.05) is 14.0 Å². The Labute approximate surface area is 325 Å². The fourth-order valence-corrected chi connectivity index (χ4v) is 6.72. The second kappa shape index (κ2) is 33.9. The van der Waals surface area contributed by atoms with Gasteiger partial charge in [-0.3, -0.25) is 9.59 Å². The first-order chi connectivity index (χ1) is 25.8. The minimum atomic E-state index is -0.832. The van der Waals surface area contributed by atoms with Gasteiger partial charge in [-0.15, -0.1) is 0 Å². The van der Waals surface area contributed by atoms with Crippen LogP contribution in [0.25, 0.3) is 0 Å². The fourth-order valence-electron chi connectivity index (χ4n) is 6.72. The highest BCUT2D eigenvalue weighted by atomic mass is 16.6. The molecule has 0 bridgehead atoms. The zero-order valence-electron chi connectivity index (χ0n) is 34.7. The summed E-state index contributed by atoms with van der Waals surface area (Å²) in [6, 6.07) is 0. The number of likely N-dealkylation sites (N-methyl/N-ethyl adjacent to an activating group) is 1.